The minimum Gasteiger partial charge on any atom is -0.361 e. The number of aromatic nitrogens is 2. The van der Waals surface area contributed by atoms with Crippen LogP contribution in [0.3, 0.4) is 0 Å². The van der Waals surface area contributed by atoms with E-state index in [4.69, 9.17) is 40.4 Å². The zero-order valence-corrected chi connectivity index (χ0v) is 29.2. The molecule has 1 saturated carbocycles. The molecule has 0 spiro atoms. The Kier molecular flexibility index (Phi) is 9.41. The van der Waals surface area contributed by atoms with Crippen LogP contribution in [0.1, 0.15) is 101 Å². The van der Waals surface area contributed by atoms with Gasteiger partial charge >= 0.3 is 0 Å². The van der Waals surface area contributed by atoms with Crippen molar-refractivity contribution in [1.82, 2.24) is 31.0 Å². The van der Waals surface area contributed by atoms with E-state index in [0.29, 0.717) is 27.0 Å². The Bertz CT molecular complexity index is 1600. The van der Waals surface area contributed by atoms with Crippen molar-refractivity contribution < 1.29 is 4.79 Å². The van der Waals surface area contributed by atoms with Crippen molar-refractivity contribution in [2.75, 3.05) is 19.6 Å². The molecule has 2 fully saturated rings. The second-order valence-electron chi connectivity index (χ2n) is 14.3. The Morgan fingerprint density at radius 2 is 1.84 bits per heavy atom. The van der Waals surface area contributed by atoms with Crippen molar-refractivity contribution in [1.29, 1.82) is 0 Å². The van der Waals surface area contributed by atoms with Gasteiger partial charge in [-0.2, -0.15) is 0 Å². The molecular weight excluding hydrogens is 623 g/mol. The number of benzene rings is 2. The van der Waals surface area contributed by atoms with Crippen molar-refractivity contribution in [2.45, 2.75) is 96.4 Å². The maximum Gasteiger partial charge on any atom is 0.258 e. The van der Waals surface area contributed by atoms with Gasteiger partial charge < -0.3 is 15.2 Å². The molecule has 3 aromatic rings. The van der Waals surface area contributed by atoms with Gasteiger partial charge in [0.1, 0.15) is 12.4 Å². The summed E-state index contributed by atoms with van der Waals surface area (Å²) in [5.74, 6) is 2.04. The van der Waals surface area contributed by atoms with E-state index < -0.39 is 0 Å². The van der Waals surface area contributed by atoms with Crippen LogP contribution < -0.4 is 21.5 Å². The van der Waals surface area contributed by atoms with Crippen LogP contribution in [0, 0.1) is 11.3 Å². The third kappa shape index (κ3) is 6.45. The zero-order valence-electron chi connectivity index (χ0n) is 26.9. The molecule has 3 atom stereocenters. The molecule has 45 heavy (non-hydrogen) atoms. The van der Waals surface area contributed by atoms with Crippen LogP contribution in [0.25, 0.3) is 11.0 Å². The first-order valence-corrected chi connectivity index (χ1v) is 17.7. The number of aryl methyl sites for hydroxylation is 1. The Labute approximate surface area is 282 Å². The highest BCUT2D eigenvalue weighted by Crippen LogP contribution is 2.57. The van der Waals surface area contributed by atoms with Gasteiger partial charge in [0.2, 0.25) is 0 Å². The van der Waals surface area contributed by atoms with Crippen LogP contribution in [-0.4, -0.2) is 40.2 Å². The summed E-state index contributed by atoms with van der Waals surface area (Å²) < 4.78 is 1.97. The van der Waals surface area contributed by atoms with Crippen molar-refractivity contribution >= 4 is 57.5 Å². The number of hydrazine groups is 1. The second-order valence-corrected chi connectivity index (χ2v) is 15.5. The lowest BCUT2D eigenvalue weighted by Gasteiger charge is -2.55. The molecule has 242 valence electrons. The highest BCUT2D eigenvalue weighted by atomic mass is 35.5. The summed E-state index contributed by atoms with van der Waals surface area (Å²) in [7, 11) is 0. The van der Waals surface area contributed by atoms with Crippen molar-refractivity contribution in [3.63, 3.8) is 0 Å². The normalized spacial score (nSPS) is 25.1. The SMILES string of the molecule is CC(C)c1ccc2c(c1)CCC1C(C)(CNC(=S)NNC(=O)Cn3c(C4CCNCC4)nc4cc(Cl)c(Cl)cc43)CCC[C@]21C. The Morgan fingerprint density at radius 3 is 2.60 bits per heavy atom. The number of nitrogens with one attached hydrogen (secondary N) is 4. The lowest BCUT2D eigenvalue weighted by Crippen LogP contribution is -2.55. The number of halogens is 2. The third-order valence-corrected chi connectivity index (χ3v) is 11.9. The lowest BCUT2D eigenvalue weighted by molar-refractivity contribution is -0.122. The number of carbonyl (C=O) groups excluding carboxylic acids is 1. The van der Waals surface area contributed by atoms with Crippen molar-refractivity contribution in [2.24, 2.45) is 11.3 Å². The summed E-state index contributed by atoms with van der Waals surface area (Å²) in [5, 5.41) is 8.19. The number of piperidine rings is 1. The van der Waals surface area contributed by atoms with E-state index in [2.05, 4.69) is 67.4 Å². The molecular formula is C35H46Cl2N6OS. The van der Waals surface area contributed by atoms with Crippen LogP contribution in [-0.2, 0) is 23.2 Å². The molecule has 4 N–H and O–H groups in total. The van der Waals surface area contributed by atoms with Crippen LogP contribution in [0.2, 0.25) is 10.0 Å². The van der Waals surface area contributed by atoms with Gasteiger partial charge in [0.15, 0.2) is 5.11 Å². The number of hydrogen-bond acceptors (Lipinski definition) is 4. The highest BCUT2D eigenvalue weighted by molar-refractivity contribution is 7.80. The number of imidazole rings is 1. The predicted molar refractivity (Wildman–Crippen MR) is 188 cm³/mol. The summed E-state index contributed by atoms with van der Waals surface area (Å²) in [6, 6.07) is 10.8. The maximum atomic E-state index is 13.2. The maximum absolute atomic E-state index is 13.2. The standard InChI is InChI=1S/C35H46Cl2N6OS/c1-21(2)23-6-8-25-24(16-23)7-9-30-34(3,12-5-13-35(25,30)4)20-39-33(45)42-41-31(44)19-43-29-18-27(37)26(36)17-28(29)40-32(43)22-10-14-38-15-11-22/h6,8,16-18,21-22,30,38H,5,7,9-15,19-20H2,1-4H3,(H,41,44)(H2,39,42,45)/t30?,34?,35-/m1/s1. The molecule has 1 aliphatic heterocycles. The van der Waals surface area contributed by atoms with Gasteiger partial charge in [0.25, 0.3) is 5.91 Å². The molecule has 0 radical (unpaired) electrons. The van der Waals surface area contributed by atoms with E-state index in [0.717, 1.165) is 62.2 Å². The van der Waals surface area contributed by atoms with Gasteiger partial charge in [-0.3, -0.25) is 15.6 Å². The number of rotatable bonds is 6. The number of carbonyl (C=O) groups is 1. The van der Waals surface area contributed by atoms with Gasteiger partial charge in [0.05, 0.1) is 21.1 Å². The number of hydrogen-bond donors (Lipinski definition) is 4. The molecule has 1 aromatic heterocycles. The molecule has 3 aliphatic rings. The largest absolute Gasteiger partial charge is 0.361 e. The fourth-order valence-electron chi connectivity index (χ4n) is 8.55. The molecule has 2 aromatic carbocycles. The lowest BCUT2D eigenvalue weighted by atomic mass is 9.49. The molecule has 1 amide bonds. The summed E-state index contributed by atoms with van der Waals surface area (Å²) >= 11 is 18.3. The van der Waals surface area contributed by atoms with Gasteiger partial charge in [0, 0.05) is 12.5 Å². The van der Waals surface area contributed by atoms with Crippen LogP contribution in [0.4, 0.5) is 0 Å². The van der Waals surface area contributed by atoms with E-state index >= 15 is 0 Å². The van der Waals surface area contributed by atoms with Crippen LogP contribution >= 0.6 is 35.4 Å². The molecule has 10 heteroatoms. The Balaban J connectivity index is 1.09. The predicted octanol–water partition coefficient (Wildman–Crippen LogP) is 7.14. The number of fused-ring (bicyclic) bond motifs is 4. The first-order chi connectivity index (χ1) is 21.5. The van der Waals surface area contributed by atoms with E-state index in [1.54, 1.807) is 17.7 Å². The van der Waals surface area contributed by atoms with Gasteiger partial charge in [-0.25, -0.2) is 4.98 Å². The fourth-order valence-corrected chi connectivity index (χ4v) is 8.99. The molecule has 2 aliphatic carbocycles. The Hall–Kier alpha value is -2.39. The van der Waals surface area contributed by atoms with E-state index in [-0.39, 0.29) is 29.2 Å². The van der Waals surface area contributed by atoms with Gasteiger partial charge in [-0.15, -0.1) is 0 Å². The number of thiocarbonyl (C=S) groups is 1. The number of nitrogens with zero attached hydrogens (tertiary/aromatic N) is 2. The topological polar surface area (TPSA) is 83.0 Å². The average Bonchev–Trinajstić information content (AvgIpc) is 3.35. The minimum absolute atomic E-state index is 0.0944. The minimum atomic E-state index is -0.208. The summed E-state index contributed by atoms with van der Waals surface area (Å²) in [5.41, 5.74) is 12.1. The summed E-state index contributed by atoms with van der Waals surface area (Å²) in [6.07, 6.45) is 7.82. The zero-order chi connectivity index (χ0) is 31.9. The van der Waals surface area contributed by atoms with E-state index in [1.165, 1.54) is 30.4 Å². The molecule has 2 unspecified atom stereocenters. The van der Waals surface area contributed by atoms with Crippen LogP contribution in [0.5, 0.6) is 0 Å². The average molecular weight is 670 g/mol. The first kappa shape index (κ1) is 32.5. The monoisotopic (exact) mass is 668 g/mol. The molecule has 2 heterocycles. The molecule has 1 saturated heterocycles. The van der Waals surface area contributed by atoms with Gasteiger partial charge in [-0.1, -0.05) is 75.5 Å². The fraction of sp³-hybridized carbons (Fsp3) is 0.571. The first-order valence-electron chi connectivity index (χ1n) is 16.5. The summed E-state index contributed by atoms with van der Waals surface area (Å²) in [6.45, 7) is 12.2. The molecule has 0 bridgehead atoms. The number of amides is 1. The van der Waals surface area contributed by atoms with E-state index in [9.17, 15) is 4.79 Å². The molecule has 7 nitrogen and oxygen atoms in total. The molecule has 6 rings (SSSR count). The van der Waals surface area contributed by atoms with Crippen molar-refractivity contribution in [3.05, 3.63) is 62.9 Å². The highest BCUT2D eigenvalue weighted by Gasteiger charge is 2.51. The summed E-state index contributed by atoms with van der Waals surface area (Å²) in [4.78, 5) is 18.1. The van der Waals surface area contributed by atoms with Gasteiger partial charge in [-0.05, 0) is 115 Å². The van der Waals surface area contributed by atoms with Crippen molar-refractivity contribution in [3.8, 4) is 0 Å². The van der Waals surface area contributed by atoms with E-state index in [1.807, 2.05) is 4.57 Å². The smallest absolute Gasteiger partial charge is 0.258 e. The van der Waals surface area contributed by atoms with Crippen LogP contribution in [0.15, 0.2) is 30.3 Å². The quantitative estimate of drug-likeness (QED) is 0.165. The Morgan fingerprint density at radius 1 is 1.09 bits per heavy atom. The second kappa shape index (κ2) is 13.0. The third-order valence-electron chi connectivity index (χ3n) is 11.0.